The minimum atomic E-state index is -4.27. The van der Waals surface area contributed by atoms with Crippen molar-refractivity contribution in [3.8, 4) is 0 Å². The highest BCUT2D eigenvalue weighted by Crippen LogP contribution is 2.42. The lowest BCUT2D eigenvalue weighted by Crippen LogP contribution is -2.29. The monoisotopic (exact) mass is 793 g/mol. The number of ether oxygens (including phenoxy) is 2. The zero-order valence-corrected chi connectivity index (χ0v) is 36.2. The Labute approximate surface area is 337 Å². The van der Waals surface area contributed by atoms with Gasteiger partial charge >= 0.3 is 19.8 Å². The third kappa shape index (κ3) is 41.2. The van der Waals surface area contributed by atoms with E-state index in [9.17, 15) is 19.0 Å². The number of hydrogen-bond acceptors (Lipinski definition) is 7. The molecule has 0 aromatic carbocycles. The normalized spacial score (nSPS) is 13.9. The topological polar surface area (TPSA) is 108 Å². The first-order valence-corrected chi connectivity index (χ1v) is 23.5. The number of carbonyl (C=O) groups excluding carboxylic acids is 2. The average Bonchev–Trinajstić information content (AvgIpc) is 3.18. The number of phosphoric ester groups is 1. The summed E-state index contributed by atoms with van der Waals surface area (Å²) in [5, 5.41) is 0. The van der Waals surface area contributed by atoms with Gasteiger partial charge in [-0.05, 0) is 77.0 Å². The molecule has 0 spiro atoms. The molecule has 55 heavy (non-hydrogen) atoms. The van der Waals surface area contributed by atoms with E-state index in [0.29, 0.717) is 6.42 Å². The van der Waals surface area contributed by atoms with Crippen molar-refractivity contribution < 1.29 is 37.6 Å². The summed E-state index contributed by atoms with van der Waals surface area (Å²) in [5.74, 6) is -0.826. The van der Waals surface area contributed by atoms with Crippen LogP contribution < -0.4 is 0 Å². The molecule has 2 atom stereocenters. The first-order chi connectivity index (χ1) is 26.8. The van der Waals surface area contributed by atoms with Crippen LogP contribution >= 0.6 is 7.82 Å². The molecule has 0 aromatic rings. The fourth-order valence-corrected chi connectivity index (χ4v) is 6.34. The van der Waals surface area contributed by atoms with Crippen LogP contribution in [0.5, 0.6) is 0 Å². The van der Waals surface area contributed by atoms with Crippen LogP contribution in [-0.4, -0.2) is 43.3 Å². The first kappa shape index (κ1) is 52.8. The predicted molar refractivity (Wildman–Crippen MR) is 230 cm³/mol. The molecular weight excluding hydrogens is 711 g/mol. The van der Waals surface area contributed by atoms with Crippen LogP contribution in [0.4, 0.5) is 0 Å². The number of carbonyl (C=O) groups is 2. The number of allylic oxidation sites excluding steroid dienone is 10. The van der Waals surface area contributed by atoms with Gasteiger partial charge in [-0.3, -0.25) is 18.6 Å². The summed E-state index contributed by atoms with van der Waals surface area (Å²) < 4.78 is 32.0. The van der Waals surface area contributed by atoms with Crippen molar-refractivity contribution in [1.29, 1.82) is 0 Å². The van der Waals surface area contributed by atoms with Gasteiger partial charge in [-0.15, -0.1) is 0 Å². The standard InChI is InChI=1S/C46H81O8P/c1-4-6-8-10-12-14-16-18-20-22-23-25-27-29-31-33-35-37-39-41-46(48)54-44(43-53-55(49,50)51-3)42-52-45(47)40-38-36-34-32-30-28-26-24-21-19-17-15-13-11-9-7-5-2/h6,8,12,14,18-21,23,25,44H,4-5,7,9-11,13,15-17,22,24,26-43H2,1-3H3,(H,49,50)/b8-6-,14-12-,20-18-,21-19-,25-23-. The minimum absolute atomic E-state index is 0.226. The third-order valence-corrected chi connectivity index (χ3v) is 10.2. The molecule has 0 rings (SSSR count). The average molecular weight is 793 g/mol. The van der Waals surface area contributed by atoms with Crippen LogP contribution in [-0.2, 0) is 32.7 Å². The van der Waals surface area contributed by atoms with E-state index in [1.807, 2.05) is 0 Å². The Hall–Kier alpha value is -2.25. The summed E-state index contributed by atoms with van der Waals surface area (Å²) in [7, 11) is -3.21. The van der Waals surface area contributed by atoms with E-state index >= 15 is 0 Å². The quantitative estimate of drug-likeness (QED) is 0.0283. The van der Waals surface area contributed by atoms with E-state index in [0.717, 1.165) is 90.6 Å². The minimum Gasteiger partial charge on any atom is -0.462 e. The Bertz CT molecular complexity index is 1080. The van der Waals surface area contributed by atoms with Crippen LogP contribution in [0.15, 0.2) is 60.8 Å². The van der Waals surface area contributed by atoms with Gasteiger partial charge in [0.2, 0.25) is 0 Å². The van der Waals surface area contributed by atoms with E-state index in [1.54, 1.807) is 0 Å². The second kappa shape index (κ2) is 41.4. The maximum Gasteiger partial charge on any atom is 0.472 e. The fraction of sp³-hybridized carbons (Fsp3) is 0.739. The zero-order chi connectivity index (χ0) is 40.3. The van der Waals surface area contributed by atoms with Crippen molar-refractivity contribution in [2.24, 2.45) is 0 Å². The largest absolute Gasteiger partial charge is 0.472 e. The highest BCUT2D eigenvalue weighted by Gasteiger charge is 2.24. The molecule has 0 saturated carbocycles. The van der Waals surface area contributed by atoms with Gasteiger partial charge in [0.15, 0.2) is 6.10 Å². The second-order valence-corrected chi connectivity index (χ2v) is 16.0. The predicted octanol–water partition coefficient (Wildman–Crippen LogP) is 13.9. The number of esters is 2. The molecule has 2 unspecified atom stereocenters. The van der Waals surface area contributed by atoms with Crippen LogP contribution in [0, 0.1) is 0 Å². The second-order valence-electron chi connectivity index (χ2n) is 14.4. The van der Waals surface area contributed by atoms with Crippen molar-refractivity contribution in [1.82, 2.24) is 0 Å². The van der Waals surface area contributed by atoms with E-state index in [2.05, 4.69) is 79.1 Å². The van der Waals surface area contributed by atoms with Crippen molar-refractivity contribution in [3.05, 3.63) is 60.8 Å². The summed E-state index contributed by atoms with van der Waals surface area (Å²) >= 11 is 0. The Morgan fingerprint density at radius 3 is 1.40 bits per heavy atom. The highest BCUT2D eigenvalue weighted by molar-refractivity contribution is 7.47. The molecule has 0 saturated heterocycles. The smallest absolute Gasteiger partial charge is 0.462 e. The molecule has 8 nitrogen and oxygen atoms in total. The lowest BCUT2D eigenvalue weighted by Gasteiger charge is -2.19. The lowest BCUT2D eigenvalue weighted by molar-refractivity contribution is -0.161. The third-order valence-electron chi connectivity index (χ3n) is 9.25. The van der Waals surface area contributed by atoms with Crippen molar-refractivity contribution in [2.45, 2.75) is 200 Å². The summed E-state index contributed by atoms with van der Waals surface area (Å²) in [6.07, 6.45) is 51.2. The molecule has 0 aliphatic rings. The SMILES string of the molecule is CC/C=C\C/C=C\C/C=C\C/C=C\CCCCCCCCC(=O)OC(COC(=O)CCCCCCCCC/C=C\CCCCCCCC)COP(=O)(O)OC. The van der Waals surface area contributed by atoms with Crippen molar-refractivity contribution in [3.63, 3.8) is 0 Å². The Kier molecular flexibility index (Phi) is 39.7. The maximum atomic E-state index is 12.5. The Morgan fingerprint density at radius 1 is 0.527 bits per heavy atom. The molecule has 1 N–H and O–H groups in total. The molecule has 0 aromatic heterocycles. The van der Waals surface area contributed by atoms with E-state index in [1.165, 1.54) is 77.0 Å². The van der Waals surface area contributed by atoms with Gasteiger partial charge in [-0.25, -0.2) is 4.57 Å². The summed E-state index contributed by atoms with van der Waals surface area (Å²) in [6, 6.07) is 0. The van der Waals surface area contributed by atoms with Crippen molar-refractivity contribution in [2.75, 3.05) is 20.3 Å². The Morgan fingerprint density at radius 2 is 0.927 bits per heavy atom. The number of hydrogen-bond donors (Lipinski definition) is 1. The van der Waals surface area contributed by atoms with Crippen LogP contribution in [0.3, 0.4) is 0 Å². The highest BCUT2D eigenvalue weighted by atomic mass is 31.2. The fourth-order valence-electron chi connectivity index (χ4n) is 5.88. The van der Waals surface area contributed by atoms with E-state index < -0.39 is 26.5 Å². The lowest BCUT2D eigenvalue weighted by atomic mass is 10.1. The Balaban J connectivity index is 4.03. The van der Waals surface area contributed by atoms with Gasteiger partial charge < -0.3 is 14.4 Å². The summed E-state index contributed by atoms with van der Waals surface area (Å²) in [5.41, 5.74) is 0. The molecule has 0 amide bonds. The molecule has 9 heteroatoms. The van der Waals surface area contributed by atoms with E-state index in [4.69, 9.17) is 14.0 Å². The van der Waals surface area contributed by atoms with Crippen molar-refractivity contribution >= 4 is 19.8 Å². The molecule has 0 aliphatic carbocycles. The number of phosphoric acid groups is 1. The van der Waals surface area contributed by atoms with Gasteiger partial charge in [0.1, 0.15) is 6.61 Å². The van der Waals surface area contributed by atoms with E-state index in [-0.39, 0.29) is 25.4 Å². The molecular formula is C46H81O8P. The van der Waals surface area contributed by atoms with Gasteiger partial charge in [-0.1, -0.05) is 164 Å². The van der Waals surface area contributed by atoms with Crippen LogP contribution in [0.2, 0.25) is 0 Å². The summed E-state index contributed by atoms with van der Waals surface area (Å²) in [4.78, 5) is 34.5. The number of unbranched alkanes of at least 4 members (excludes halogenated alkanes) is 19. The van der Waals surface area contributed by atoms with Gasteiger partial charge in [0, 0.05) is 20.0 Å². The molecule has 0 bridgehead atoms. The summed E-state index contributed by atoms with van der Waals surface area (Å²) in [6.45, 7) is 3.76. The number of rotatable bonds is 40. The molecule has 0 fully saturated rings. The van der Waals surface area contributed by atoms with Crippen LogP contribution in [0.25, 0.3) is 0 Å². The first-order valence-electron chi connectivity index (χ1n) is 22.0. The van der Waals surface area contributed by atoms with Gasteiger partial charge in [0.25, 0.3) is 0 Å². The van der Waals surface area contributed by atoms with Crippen LogP contribution in [0.1, 0.15) is 194 Å². The molecule has 0 heterocycles. The van der Waals surface area contributed by atoms with Gasteiger partial charge in [-0.2, -0.15) is 0 Å². The molecule has 0 aliphatic heterocycles. The zero-order valence-electron chi connectivity index (χ0n) is 35.3. The van der Waals surface area contributed by atoms with Gasteiger partial charge in [0.05, 0.1) is 6.61 Å². The molecule has 0 radical (unpaired) electrons. The maximum absolute atomic E-state index is 12.5. The molecule has 318 valence electrons.